The maximum atomic E-state index is 13.1. The fourth-order valence-electron chi connectivity index (χ4n) is 2.15. The molecule has 1 N–H and O–H groups in total. The summed E-state index contributed by atoms with van der Waals surface area (Å²) in [5, 5.41) is 4.36. The lowest BCUT2D eigenvalue weighted by atomic mass is 10.1. The normalized spacial score (nSPS) is 16.9. The number of halogens is 1. The zero-order chi connectivity index (χ0) is 16.6. The summed E-state index contributed by atoms with van der Waals surface area (Å²) < 4.78 is 13.1. The molecule has 0 bridgehead atoms. The van der Waals surface area contributed by atoms with E-state index in [1.165, 1.54) is 40.5 Å². The van der Waals surface area contributed by atoms with Crippen LogP contribution in [-0.4, -0.2) is 16.9 Å². The van der Waals surface area contributed by atoms with Crippen molar-refractivity contribution in [1.29, 1.82) is 0 Å². The van der Waals surface area contributed by atoms with Crippen molar-refractivity contribution in [2.24, 2.45) is 0 Å². The quantitative estimate of drug-likeness (QED) is 0.517. The molecule has 23 heavy (non-hydrogen) atoms. The van der Waals surface area contributed by atoms with Crippen molar-refractivity contribution in [3.8, 4) is 0 Å². The van der Waals surface area contributed by atoms with E-state index in [9.17, 15) is 14.0 Å². The highest BCUT2D eigenvalue weighted by Crippen LogP contribution is 2.24. The molecule has 0 unspecified atom stereocenters. The van der Waals surface area contributed by atoms with E-state index in [0.717, 1.165) is 10.4 Å². The summed E-state index contributed by atoms with van der Waals surface area (Å²) in [6.07, 6.45) is 1.55. The smallest absolute Gasteiger partial charge is 0.270 e. The molecule has 1 aromatic carbocycles. The van der Waals surface area contributed by atoms with Gasteiger partial charge in [0, 0.05) is 4.88 Å². The molecule has 1 aliphatic rings. The molecular formula is C16H11FN2O2S2. The molecule has 1 aliphatic heterocycles. The van der Waals surface area contributed by atoms with Crippen LogP contribution in [0.4, 0.5) is 10.1 Å². The number of rotatable bonds is 2. The maximum absolute atomic E-state index is 13.1. The van der Waals surface area contributed by atoms with Crippen molar-refractivity contribution in [1.82, 2.24) is 5.32 Å². The Hall–Kier alpha value is -2.38. The Morgan fingerprint density at radius 1 is 1.22 bits per heavy atom. The molecule has 1 fully saturated rings. The molecule has 0 spiro atoms. The molecule has 0 saturated carbocycles. The summed E-state index contributed by atoms with van der Waals surface area (Å²) in [6.45, 7) is 1.90. The van der Waals surface area contributed by atoms with Crippen molar-refractivity contribution >= 4 is 52.2 Å². The lowest BCUT2D eigenvalue weighted by Gasteiger charge is -2.28. The van der Waals surface area contributed by atoms with Gasteiger partial charge in [-0.2, -0.15) is 0 Å². The van der Waals surface area contributed by atoms with E-state index in [4.69, 9.17) is 12.2 Å². The number of carbonyl (C=O) groups excluding carboxylic acids is 2. The van der Waals surface area contributed by atoms with E-state index in [-0.39, 0.29) is 10.7 Å². The van der Waals surface area contributed by atoms with Gasteiger partial charge in [0.05, 0.1) is 5.69 Å². The zero-order valence-electron chi connectivity index (χ0n) is 12.0. The molecule has 116 valence electrons. The Morgan fingerprint density at radius 3 is 2.52 bits per heavy atom. The Balaban J connectivity index is 2.02. The van der Waals surface area contributed by atoms with Crippen molar-refractivity contribution in [3.63, 3.8) is 0 Å². The van der Waals surface area contributed by atoms with Crippen LogP contribution in [0.1, 0.15) is 10.4 Å². The van der Waals surface area contributed by atoms with Gasteiger partial charge in [0.2, 0.25) is 0 Å². The Morgan fingerprint density at radius 2 is 1.91 bits per heavy atom. The molecule has 1 aromatic heterocycles. The Bertz CT molecular complexity index is 840. The maximum Gasteiger partial charge on any atom is 0.270 e. The first-order chi connectivity index (χ1) is 11.0. The number of benzene rings is 1. The van der Waals surface area contributed by atoms with Gasteiger partial charge in [0.15, 0.2) is 5.11 Å². The van der Waals surface area contributed by atoms with Crippen LogP contribution >= 0.6 is 23.6 Å². The SMILES string of the molecule is Cc1ccsc1C=C1C(=O)NC(=S)N(c2ccc(F)cc2)C1=O. The van der Waals surface area contributed by atoms with Gasteiger partial charge in [-0.3, -0.25) is 19.8 Å². The predicted octanol–water partition coefficient (Wildman–Crippen LogP) is 3.03. The van der Waals surface area contributed by atoms with E-state index in [1.54, 1.807) is 6.08 Å². The lowest BCUT2D eigenvalue weighted by molar-refractivity contribution is -0.122. The molecule has 2 aromatic rings. The molecule has 2 heterocycles. The Labute approximate surface area is 141 Å². The molecule has 0 radical (unpaired) electrons. The third kappa shape index (κ3) is 2.93. The van der Waals surface area contributed by atoms with E-state index >= 15 is 0 Å². The van der Waals surface area contributed by atoms with Gasteiger partial charge in [-0.05, 0) is 66.5 Å². The first-order valence-electron chi connectivity index (χ1n) is 6.68. The van der Waals surface area contributed by atoms with E-state index < -0.39 is 17.6 Å². The van der Waals surface area contributed by atoms with Gasteiger partial charge in [-0.25, -0.2) is 4.39 Å². The number of amides is 2. The topological polar surface area (TPSA) is 49.4 Å². The highest BCUT2D eigenvalue weighted by atomic mass is 32.1. The monoisotopic (exact) mass is 346 g/mol. The van der Waals surface area contributed by atoms with E-state index in [1.807, 2.05) is 18.4 Å². The number of carbonyl (C=O) groups is 2. The third-order valence-corrected chi connectivity index (χ3v) is 4.61. The number of thiocarbonyl (C=S) groups is 1. The van der Waals surface area contributed by atoms with Crippen LogP contribution in [0.2, 0.25) is 0 Å². The standard InChI is InChI=1S/C16H11FN2O2S2/c1-9-6-7-23-13(9)8-12-14(20)18-16(22)19(15(12)21)11-4-2-10(17)3-5-11/h2-8H,1H3,(H,18,20,22). The molecule has 3 rings (SSSR count). The number of anilines is 1. The summed E-state index contributed by atoms with van der Waals surface area (Å²) in [4.78, 5) is 26.8. The van der Waals surface area contributed by atoms with Gasteiger partial charge in [0.25, 0.3) is 11.8 Å². The largest absolute Gasteiger partial charge is 0.298 e. The number of nitrogens with one attached hydrogen (secondary N) is 1. The van der Waals surface area contributed by atoms with Gasteiger partial charge < -0.3 is 0 Å². The Kier molecular flexibility index (Phi) is 4.06. The highest BCUT2D eigenvalue weighted by molar-refractivity contribution is 7.80. The molecule has 2 amide bonds. The summed E-state index contributed by atoms with van der Waals surface area (Å²) in [5.74, 6) is -1.48. The first kappa shape index (κ1) is 15.5. The second-order valence-electron chi connectivity index (χ2n) is 4.90. The predicted molar refractivity (Wildman–Crippen MR) is 91.7 cm³/mol. The second-order valence-corrected chi connectivity index (χ2v) is 6.24. The summed E-state index contributed by atoms with van der Waals surface area (Å²) >= 11 is 6.52. The minimum absolute atomic E-state index is 0.00604. The first-order valence-corrected chi connectivity index (χ1v) is 7.97. The number of aryl methyl sites for hydroxylation is 1. The average molecular weight is 346 g/mol. The minimum atomic E-state index is -0.536. The molecule has 7 heteroatoms. The van der Waals surface area contributed by atoms with Crippen LogP contribution in [0.15, 0.2) is 41.3 Å². The fraction of sp³-hybridized carbons (Fsp3) is 0.0625. The minimum Gasteiger partial charge on any atom is -0.298 e. The van der Waals surface area contributed by atoms with Gasteiger partial charge in [0.1, 0.15) is 11.4 Å². The van der Waals surface area contributed by atoms with Crippen LogP contribution in [-0.2, 0) is 9.59 Å². The number of thiophene rings is 1. The summed E-state index contributed by atoms with van der Waals surface area (Å²) in [7, 11) is 0. The van der Waals surface area contributed by atoms with Crippen LogP contribution in [0, 0.1) is 12.7 Å². The average Bonchev–Trinajstić information content (AvgIpc) is 2.90. The number of nitrogens with zero attached hydrogens (tertiary/aromatic N) is 1. The van der Waals surface area contributed by atoms with Crippen molar-refractivity contribution in [2.45, 2.75) is 6.92 Å². The molecule has 0 atom stereocenters. The van der Waals surface area contributed by atoms with Crippen LogP contribution in [0.5, 0.6) is 0 Å². The third-order valence-electron chi connectivity index (χ3n) is 3.36. The van der Waals surface area contributed by atoms with Gasteiger partial charge >= 0.3 is 0 Å². The summed E-state index contributed by atoms with van der Waals surface area (Å²) in [6, 6.07) is 7.24. The van der Waals surface area contributed by atoms with Crippen molar-refractivity contribution in [3.05, 3.63) is 57.5 Å². The molecular weight excluding hydrogens is 335 g/mol. The van der Waals surface area contributed by atoms with E-state index in [0.29, 0.717) is 5.69 Å². The highest BCUT2D eigenvalue weighted by Gasteiger charge is 2.34. The van der Waals surface area contributed by atoms with Crippen molar-refractivity contribution < 1.29 is 14.0 Å². The van der Waals surface area contributed by atoms with Crippen LogP contribution in [0.25, 0.3) is 6.08 Å². The second kappa shape index (κ2) is 6.02. The van der Waals surface area contributed by atoms with Crippen LogP contribution in [0.3, 0.4) is 0 Å². The van der Waals surface area contributed by atoms with E-state index in [2.05, 4.69) is 5.32 Å². The number of hydrogen-bond acceptors (Lipinski definition) is 4. The number of hydrogen-bond donors (Lipinski definition) is 1. The lowest BCUT2D eigenvalue weighted by Crippen LogP contribution is -2.54. The summed E-state index contributed by atoms with van der Waals surface area (Å²) in [5.41, 5.74) is 1.37. The molecule has 1 saturated heterocycles. The zero-order valence-corrected chi connectivity index (χ0v) is 13.6. The fourth-order valence-corrected chi connectivity index (χ4v) is 3.29. The molecule has 4 nitrogen and oxygen atoms in total. The van der Waals surface area contributed by atoms with Crippen LogP contribution < -0.4 is 10.2 Å². The van der Waals surface area contributed by atoms with Gasteiger partial charge in [-0.1, -0.05) is 0 Å². The van der Waals surface area contributed by atoms with Crippen molar-refractivity contribution in [2.75, 3.05) is 4.90 Å². The molecule has 0 aliphatic carbocycles. The van der Waals surface area contributed by atoms with Gasteiger partial charge in [-0.15, -0.1) is 11.3 Å².